The molecule has 0 atom stereocenters. The van der Waals surface area contributed by atoms with Crippen LogP contribution in [0.5, 0.6) is 0 Å². The fourth-order valence-corrected chi connectivity index (χ4v) is 5.83. The van der Waals surface area contributed by atoms with Gasteiger partial charge in [0.2, 0.25) is 0 Å². The van der Waals surface area contributed by atoms with Gasteiger partial charge in [-0.25, -0.2) is 13.2 Å². The minimum Gasteiger partial charge on any atom is -0.462 e. The molecule has 0 unspecified atom stereocenters. The first-order chi connectivity index (χ1) is 12.4. The maximum atomic E-state index is 12.5. The summed E-state index contributed by atoms with van der Waals surface area (Å²) in [7, 11) is -3.30. The molecule has 0 amide bonds. The Morgan fingerprint density at radius 2 is 1.96 bits per heavy atom. The fourth-order valence-electron chi connectivity index (χ4n) is 3.07. The molecule has 1 saturated heterocycles. The van der Waals surface area contributed by atoms with Crippen LogP contribution in [0.15, 0.2) is 33.6 Å². The second-order valence-electron chi connectivity index (χ2n) is 6.64. The first kappa shape index (κ1) is 19.6. The zero-order valence-corrected chi connectivity index (χ0v) is 17.1. The Morgan fingerprint density at radius 1 is 1.27 bits per heavy atom. The predicted octanol–water partition coefficient (Wildman–Crippen LogP) is 3.76. The molecule has 1 heterocycles. The third-order valence-electron chi connectivity index (χ3n) is 4.68. The zero-order chi connectivity index (χ0) is 18.7. The number of rotatable bonds is 6. The predicted molar refractivity (Wildman–Crippen MR) is 103 cm³/mol. The first-order valence-electron chi connectivity index (χ1n) is 8.94. The lowest BCUT2D eigenvalue weighted by molar-refractivity contribution is -0.136. The normalized spacial score (nSPS) is 19.4. The van der Waals surface area contributed by atoms with Crippen LogP contribution in [0.25, 0.3) is 5.57 Å². The molecule has 5 nitrogen and oxygen atoms in total. The number of esters is 1. The average molecular weight is 443 g/mol. The number of carbonyl (C=O) groups is 1. The molecule has 0 radical (unpaired) electrons. The van der Waals surface area contributed by atoms with Gasteiger partial charge in [0.15, 0.2) is 9.84 Å². The summed E-state index contributed by atoms with van der Waals surface area (Å²) >= 11 is 3.38. The number of ether oxygens (including phenoxy) is 2. The molecule has 0 spiro atoms. The SMILES string of the molecule is CCOC(=O)/C(=C/C1CCOCC1)c1ccc(S(=O)(=O)C2CC2)c(Br)c1. The Kier molecular flexibility index (Phi) is 6.20. The van der Waals surface area contributed by atoms with Crippen LogP contribution in [0.4, 0.5) is 0 Å². The van der Waals surface area contributed by atoms with Crippen LogP contribution in [-0.2, 0) is 24.1 Å². The lowest BCUT2D eigenvalue weighted by atomic mass is 9.94. The van der Waals surface area contributed by atoms with Crippen LogP contribution in [0.3, 0.4) is 0 Å². The molecular weight excluding hydrogens is 420 g/mol. The molecule has 1 aliphatic heterocycles. The van der Waals surface area contributed by atoms with E-state index in [1.807, 2.05) is 6.08 Å². The van der Waals surface area contributed by atoms with E-state index in [-0.39, 0.29) is 22.0 Å². The van der Waals surface area contributed by atoms with E-state index in [2.05, 4.69) is 15.9 Å². The van der Waals surface area contributed by atoms with Crippen molar-refractivity contribution < 1.29 is 22.7 Å². The Morgan fingerprint density at radius 3 is 2.54 bits per heavy atom. The molecule has 2 fully saturated rings. The standard InChI is InChI=1S/C19H23BrO5S/c1-2-25-19(21)16(11-13-7-9-24-10-8-13)14-3-6-18(17(20)12-14)26(22,23)15-4-5-15/h3,6,11-13,15H,2,4-5,7-10H2,1H3/b16-11+. The second-order valence-corrected chi connectivity index (χ2v) is 9.69. The molecule has 1 aromatic carbocycles. The summed E-state index contributed by atoms with van der Waals surface area (Å²) in [5, 5.41) is -0.271. The molecule has 0 N–H and O–H groups in total. The topological polar surface area (TPSA) is 69.7 Å². The van der Waals surface area contributed by atoms with Crippen molar-refractivity contribution in [3.63, 3.8) is 0 Å². The van der Waals surface area contributed by atoms with Crippen molar-refractivity contribution in [2.24, 2.45) is 5.92 Å². The lowest BCUT2D eigenvalue weighted by Crippen LogP contribution is -2.16. The molecule has 142 valence electrons. The van der Waals surface area contributed by atoms with E-state index in [0.29, 0.717) is 48.3 Å². The summed E-state index contributed by atoms with van der Waals surface area (Å²) in [5.41, 5.74) is 1.14. The smallest absolute Gasteiger partial charge is 0.338 e. The minimum absolute atomic E-state index is 0.247. The van der Waals surface area contributed by atoms with E-state index in [9.17, 15) is 13.2 Å². The largest absolute Gasteiger partial charge is 0.462 e. The summed E-state index contributed by atoms with van der Waals surface area (Å²) in [5.74, 6) is -0.138. The third-order valence-corrected chi connectivity index (χ3v) is 7.91. The molecule has 1 aromatic rings. The molecule has 3 rings (SSSR count). The number of sulfone groups is 1. The van der Waals surface area contributed by atoms with Gasteiger partial charge < -0.3 is 9.47 Å². The summed E-state index contributed by atoms with van der Waals surface area (Å²) in [4.78, 5) is 12.8. The van der Waals surface area contributed by atoms with E-state index < -0.39 is 9.84 Å². The monoisotopic (exact) mass is 442 g/mol. The van der Waals surface area contributed by atoms with Crippen molar-refractivity contribution in [3.8, 4) is 0 Å². The highest BCUT2D eigenvalue weighted by atomic mass is 79.9. The Balaban J connectivity index is 1.94. The Labute approximate surface area is 162 Å². The van der Waals surface area contributed by atoms with E-state index in [4.69, 9.17) is 9.47 Å². The van der Waals surface area contributed by atoms with Gasteiger partial charge in [0.1, 0.15) is 0 Å². The van der Waals surface area contributed by atoms with Gasteiger partial charge in [0.25, 0.3) is 0 Å². The van der Waals surface area contributed by atoms with Gasteiger partial charge >= 0.3 is 5.97 Å². The van der Waals surface area contributed by atoms with Gasteiger partial charge in [-0.15, -0.1) is 0 Å². The number of hydrogen-bond donors (Lipinski definition) is 0. The first-order valence-corrected chi connectivity index (χ1v) is 11.3. The number of benzene rings is 1. The average Bonchev–Trinajstić information content (AvgIpc) is 3.46. The van der Waals surface area contributed by atoms with E-state index >= 15 is 0 Å². The van der Waals surface area contributed by atoms with Gasteiger partial charge in [-0.2, -0.15) is 0 Å². The maximum Gasteiger partial charge on any atom is 0.338 e. The van der Waals surface area contributed by atoms with Crippen molar-refractivity contribution in [2.75, 3.05) is 19.8 Å². The minimum atomic E-state index is -3.30. The molecule has 7 heteroatoms. The molecule has 0 bridgehead atoms. The fraction of sp³-hybridized carbons (Fsp3) is 0.526. The molecule has 1 aliphatic carbocycles. The van der Waals surface area contributed by atoms with Crippen LogP contribution in [-0.4, -0.2) is 39.5 Å². The molecule has 26 heavy (non-hydrogen) atoms. The van der Waals surface area contributed by atoms with E-state index in [0.717, 1.165) is 12.8 Å². The highest BCUT2D eigenvalue weighted by molar-refractivity contribution is 9.10. The number of hydrogen-bond acceptors (Lipinski definition) is 5. The number of carbonyl (C=O) groups excluding carboxylic acids is 1. The van der Waals surface area contributed by atoms with Crippen molar-refractivity contribution in [1.29, 1.82) is 0 Å². The summed E-state index contributed by atoms with van der Waals surface area (Å²) < 4.78 is 36.1. The van der Waals surface area contributed by atoms with Crippen LogP contribution < -0.4 is 0 Å². The van der Waals surface area contributed by atoms with Crippen molar-refractivity contribution in [3.05, 3.63) is 34.3 Å². The lowest BCUT2D eigenvalue weighted by Gasteiger charge is -2.20. The maximum absolute atomic E-state index is 12.5. The third kappa shape index (κ3) is 4.38. The molecular formula is C19H23BrO5S. The van der Waals surface area contributed by atoms with Gasteiger partial charge in [0, 0.05) is 17.7 Å². The number of allylic oxidation sites excluding steroid dienone is 1. The van der Waals surface area contributed by atoms with Gasteiger partial charge in [-0.05, 0) is 72.2 Å². The molecule has 1 saturated carbocycles. The van der Waals surface area contributed by atoms with Crippen LogP contribution in [0, 0.1) is 5.92 Å². The summed E-state index contributed by atoms with van der Waals surface area (Å²) in [6, 6.07) is 4.99. The van der Waals surface area contributed by atoms with E-state index in [1.165, 1.54) is 0 Å². The van der Waals surface area contributed by atoms with Crippen LogP contribution >= 0.6 is 15.9 Å². The quantitative estimate of drug-likeness (QED) is 0.495. The second kappa shape index (κ2) is 8.23. The summed E-state index contributed by atoms with van der Waals surface area (Å²) in [6.07, 6.45) is 5.09. The van der Waals surface area contributed by atoms with E-state index in [1.54, 1.807) is 25.1 Å². The van der Waals surface area contributed by atoms with Gasteiger partial charge in [0.05, 0.1) is 22.3 Å². The highest BCUT2D eigenvalue weighted by Gasteiger charge is 2.38. The van der Waals surface area contributed by atoms with Gasteiger partial charge in [-0.1, -0.05) is 12.1 Å². The summed E-state index contributed by atoms with van der Waals surface area (Å²) in [6.45, 7) is 3.42. The molecule has 2 aliphatic rings. The molecule has 0 aromatic heterocycles. The number of halogens is 1. The van der Waals surface area contributed by atoms with Crippen molar-refractivity contribution >= 4 is 37.3 Å². The highest BCUT2D eigenvalue weighted by Crippen LogP contribution is 2.37. The van der Waals surface area contributed by atoms with Crippen LogP contribution in [0.2, 0.25) is 0 Å². The Hall–Kier alpha value is -1.18. The van der Waals surface area contributed by atoms with Gasteiger partial charge in [-0.3, -0.25) is 0 Å². The zero-order valence-electron chi connectivity index (χ0n) is 14.7. The van der Waals surface area contributed by atoms with Crippen LogP contribution in [0.1, 0.15) is 38.2 Å². The Bertz CT molecular complexity index is 805. The van der Waals surface area contributed by atoms with Crippen molar-refractivity contribution in [2.45, 2.75) is 42.8 Å². The van der Waals surface area contributed by atoms with Crippen molar-refractivity contribution in [1.82, 2.24) is 0 Å².